The summed E-state index contributed by atoms with van der Waals surface area (Å²) in [5, 5.41) is 35.2. The molecular weight excluding hydrogens is 498 g/mol. The number of aromatic hydroxyl groups is 1. The van der Waals surface area contributed by atoms with Crippen LogP contribution in [-0.2, 0) is 22.7 Å². The summed E-state index contributed by atoms with van der Waals surface area (Å²) >= 11 is 0. The maximum atomic E-state index is 12.3. The molecule has 5 N–H and O–H groups in total. The number of benzene rings is 2. The van der Waals surface area contributed by atoms with Gasteiger partial charge in [-0.2, -0.15) is 0 Å². The third kappa shape index (κ3) is 11.1. The Morgan fingerprint density at radius 3 is 2.62 bits per heavy atom. The second-order valence-corrected chi connectivity index (χ2v) is 9.24. The summed E-state index contributed by atoms with van der Waals surface area (Å²) in [6.45, 7) is 3.14. The highest BCUT2D eigenvalue weighted by Gasteiger charge is 2.10. The van der Waals surface area contributed by atoms with E-state index in [1.54, 1.807) is 30.5 Å². The molecule has 3 rings (SSSR count). The zero-order chi connectivity index (χ0) is 27.7. The first kappa shape index (κ1) is 30.2. The number of phenols is 1. The molecule has 9 heteroatoms. The molecule has 0 spiro atoms. The van der Waals surface area contributed by atoms with Crippen LogP contribution in [-0.4, -0.2) is 59.1 Å². The average Bonchev–Trinajstić information content (AvgIpc) is 2.96. The van der Waals surface area contributed by atoms with Gasteiger partial charge in [0, 0.05) is 36.8 Å². The lowest BCUT2D eigenvalue weighted by atomic mass is 10.1. The van der Waals surface area contributed by atoms with E-state index >= 15 is 0 Å². The smallest absolute Gasteiger partial charge is 0.257 e. The number of hydrogen-bond donors (Lipinski definition) is 5. The highest BCUT2D eigenvalue weighted by atomic mass is 16.5. The van der Waals surface area contributed by atoms with Gasteiger partial charge in [-0.25, -0.2) is 0 Å². The Kier molecular flexibility index (Phi) is 13.4. The van der Waals surface area contributed by atoms with Gasteiger partial charge in [0.1, 0.15) is 5.75 Å². The van der Waals surface area contributed by atoms with Crippen molar-refractivity contribution in [2.75, 3.05) is 38.2 Å². The number of unbranched alkanes of at least 4 members (excludes halogenated alkanes) is 3. The van der Waals surface area contributed by atoms with Crippen molar-refractivity contribution >= 4 is 11.6 Å². The molecule has 0 bridgehead atoms. The second kappa shape index (κ2) is 17.3. The number of aromatic nitrogens is 1. The lowest BCUT2D eigenvalue weighted by Crippen LogP contribution is -2.22. The van der Waals surface area contributed by atoms with Crippen molar-refractivity contribution in [3.63, 3.8) is 0 Å². The minimum atomic E-state index is -0.686. The summed E-state index contributed by atoms with van der Waals surface area (Å²) in [7, 11) is 0. The van der Waals surface area contributed by atoms with Crippen LogP contribution in [0.4, 0.5) is 5.69 Å². The first-order chi connectivity index (χ1) is 19.1. The summed E-state index contributed by atoms with van der Waals surface area (Å²) in [6.07, 6.45) is 6.61. The Labute approximate surface area is 229 Å². The zero-order valence-electron chi connectivity index (χ0n) is 22.2. The Balaban J connectivity index is 1.16. The molecule has 1 heterocycles. The van der Waals surface area contributed by atoms with Crippen molar-refractivity contribution in [3.8, 4) is 5.75 Å². The van der Waals surface area contributed by atoms with E-state index in [0.717, 1.165) is 37.8 Å². The van der Waals surface area contributed by atoms with Crippen LogP contribution in [0.1, 0.15) is 58.8 Å². The van der Waals surface area contributed by atoms with Crippen molar-refractivity contribution in [1.82, 2.24) is 10.3 Å². The molecular formula is C30H39N3O6. The van der Waals surface area contributed by atoms with Gasteiger partial charge in [-0.3, -0.25) is 9.78 Å². The maximum absolute atomic E-state index is 12.3. The number of nitrogens with one attached hydrogen (secondary N) is 2. The minimum absolute atomic E-state index is 0.0322. The molecule has 1 aromatic heterocycles. The lowest BCUT2D eigenvalue weighted by molar-refractivity contribution is 0.0393. The van der Waals surface area contributed by atoms with Gasteiger partial charge in [0.05, 0.1) is 38.1 Å². The van der Waals surface area contributed by atoms with E-state index in [-0.39, 0.29) is 18.3 Å². The molecule has 0 aliphatic rings. The monoisotopic (exact) mass is 537 g/mol. The van der Waals surface area contributed by atoms with Gasteiger partial charge in [0.25, 0.3) is 5.91 Å². The predicted molar refractivity (Wildman–Crippen MR) is 149 cm³/mol. The van der Waals surface area contributed by atoms with Crippen LogP contribution >= 0.6 is 0 Å². The van der Waals surface area contributed by atoms with Crippen LogP contribution in [0.3, 0.4) is 0 Å². The molecule has 210 valence electrons. The number of aliphatic hydroxyl groups is 2. The molecule has 1 atom stereocenters. The maximum Gasteiger partial charge on any atom is 0.257 e. The zero-order valence-corrected chi connectivity index (χ0v) is 22.2. The number of hydrogen-bond acceptors (Lipinski definition) is 8. The molecule has 0 saturated heterocycles. The van der Waals surface area contributed by atoms with E-state index in [2.05, 4.69) is 15.6 Å². The third-order valence-corrected chi connectivity index (χ3v) is 6.14. The van der Waals surface area contributed by atoms with Crippen LogP contribution in [0.15, 0.2) is 67.0 Å². The molecule has 0 aliphatic carbocycles. The summed E-state index contributed by atoms with van der Waals surface area (Å²) in [5.74, 6) is -0.169. The number of anilines is 1. The summed E-state index contributed by atoms with van der Waals surface area (Å²) < 4.78 is 11.4. The molecule has 0 aliphatic heterocycles. The normalized spacial score (nSPS) is 11.8. The third-order valence-electron chi connectivity index (χ3n) is 6.14. The first-order valence-electron chi connectivity index (χ1n) is 13.3. The van der Waals surface area contributed by atoms with E-state index in [1.165, 1.54) is 12.3 Å². The quantitative estimate of drug-likeness (QED) is 0.154. The number of carbonyl (C=O) groups is 1. The number of carbonyl (C=O) groups excluding carboxylic acids is 1. The summed E-state index contributed by atoms with van der Waals surface area (Å²) in [6, 6.07) is 15.8. The predicted octanol–water partition coefficient (Wildman–Crippen LogP) is 3.95. The van der Waals surface area contributed by atoms with E-state index in [4.69, 9.17) is 9.47 Å². The Hall–Kier alpha value is -3.34. The SMILES string of the molecule is O=C(Nc1cccc(COCCOCCCCCCNC[C@@H](O)c2ccc(O)c(CO)c2)c1)c1cccnc1. The van der Waals surface area contributed by atoms with E-state index < -0.39 is 6.10 Å². The molecule has 2 aromatic carbocycles. The molecule has 39 heavy (non-hydrogen) atoms. The van der Waals surface area contributed by atoms with Crippen LogP contribution in [0.5, 0.6) is 5.75 Å². The molecule has 0 unspecified atom stereocenters. The van der Waals surface area contributed by atoms with Gasteiger partial charge in [0.2, 0.25) is 0 Å². The van der Waals surface area contributed by atoms with Gasteiger partial charge in [0.15, 0.2) is 0 Å². The number of pyridine rings is 1. The first-order valence-corrected chi connectivity index (χ1v) is 13.3. The van der Waals surface area contributed by atoms with Crippen molar-refractivity contribution < 1.29 is 29.6 Å². The van der Waals surface area contributed by atoms with Crippen molar-refractivity contribution in [1.29, 1.82) is 0 Å². The number of nitrogens with zero attached hydrogens (tertiary/aromatic N) is 1. The number of ether oxygens (including phenoxy) is 2. The van der Waals surface area contributed by atoms with Gasteiger partial charge < -0.3 is 35.4 Å². The lowest BCUT2D eigenvalue weighted by Gasteiger charge is -2.14. The minimum Gasteiger partial charge on any atom is -0.508 e. The van der Waals surface area contributed by atoms with Gasteiger partial charge in [-0.05, 0) is 66.9 Å². The fourth-order valence-electron chi connectivity index (χ4n) is 3.95. The van der Waals surface area contributed by atoms with Crippen molar-refractivity contribution in [2.45, 2.75) is 45.0 Å². The Morgan fingerprint density at radius 2 is 1.79 bits per heavy atom. The van der Waals surface area contributed by atoms with Crippen molar-refractivity contribution in [2.24, 2.45) is 0 Å². The molecule has 0 saturated carbocycles. The van der Waals surface area contributed by atoms with Crippen LogP contribution in [0, 0.1) is 0 Å². The number of rotatable bonds is 18. The Morgan fingerprint density at radius 1 is 0.949 bits per heavy atom. The molecule has 0 radical (unpaired) electrons. The van der Waals surface area contributed by atoms with E-state index in [0.29, 0.717) is 55.4 Å². The van der Waals surface area contributed by atoms with E-state index in [1.807, 2.05) is 24.3 Å². The highest BCUT2D eigenvalue weighted by Crippen LogP contribution is 2.22. The largest absolute Gasteiger partial charge is 0.508 e. The summed E-state index contributed by atoms with van der Waals surface area (Å²) in [5.41, 5.74) is 3.27. The van der Waals surface area contributed by atoms with Gasteiger partial charge in [-0.15, -0.1) is 0 Å². The van der Waals surface area contributed by atoms with Crippen LogP contribution in [0.25, 0.3) is 0 Å². The molecule has 1 amide bonds. The van der Waals surface area contributed by atoms with Crippen molar-refractivity contribution in [3.05, 3.63) is 89.2 Å². The highest BCUT2D eigenvalue weighted by molar-refractivity contribution is 6.04. The van der Waals surface area contributed by atoms with Gasteiger partial charge >= 0.3 is 0 Å². The molecule has 0 fully saturated rings. The topological polar surface area (TPSA) is 133 Å². The number of aliphatic hydroxyl groups excluding tert-OH is 2. The summed E-state index contributed by atoms with van der Waals surface area (Å²) in [4.78, 5) is 16.2. The molecule has 3 aromatic rings. The van der Waals surface area contributed by atoms with Gasteiger partial charge in [-0.1, -0.05) is 31.0 Å². The number of amides is 1. The molecule has 9 nitrogen and oxygen atoms in total. The fraction of sp³-hybridized carbons (Fsp3) is 0.400. The van der Waals surface area contributed by atoms with Crippen LogP contribution in [0.2, 0.25) is 0 Å². The fourth-order valence-corrected chi connectivity index (χ4v) is 3.95. The Bertz CT molecular complexity index is 1130. The standard InChI is InChI=1S/C30H39N3O6/c34-21-26-18-24(10-11-28(26)35)29(36)20-32-12-3-1-2-4-14-38-15-16-39-22-23-7-5-9-27(17-23)33-30(37)25-8-6-13-31-19-25/h5-11,13,17-19,29,32,34-36H,1-4,12,14-16,20-22H2,(H,33,37)/t29-/m1/s1. The van der Waals surface area contributed by atoms with E-state index in [9.17, 15) is 20.1 Å². The van der Waals surface area contributed by atoms with Crippen LogP contribution < -0.4 is 10.6 Å². The average molecular weight is 538 g/mol. The second-order valence-electron chi connectivity index (χ2n) is 9.24.